The Balaban J connectivity index is 2.96. The second-order valence-corrected chi connectivity index (χ2v) is 6.64. The molecule has 0 aliphatic rings. The van der Waals surface area contributed by atoms with Gasteiger partial charge in [0.1, 0.15) is 0 Å². The highest BCUT2D eigenvalue weighted by Crippen LogP contribution is 2.15. The van der Waals surface area contributed by atoms with Crippen molar-refractivity contribution in [2.45, 2.75) is 31.3 Å². The molecule has 0 fully saturated rings. The van der Waals surface area contributed by atoms with Crippen LogP contribution in [0.25, 0.3) is 0 Å². The van der Waals surface area contributed by atoms with Gasteiger partial charge in [0.05, 0.1) is 22.1 Å². The molecule has 0 saturated carbocycles. The van der Waals surface area contributed by atoms with E-state index in [1.165, 1.54) is 25.3 Å². The highest BCUT2D eigenvalue weighted by Gasteiger charge is 2.22. The smallest absolute Gasteiger partial charge is 0.240 e. The minimum Gasteiger partial charge on any atom is -0.377 e. The standard InChI is InChI=1S/C13H18N2O3S/c1-10-7-12(6-5-11(10)8-14)19(16,17)15-9-13(2,3)18-4/h5-7,15H,9H2,1-4H3. The lowest BCUT2D eigenvalue weighted by Crippen LogP contribution is -2.39. The molecule has 0 unspecified atom stereocenters. The van der Waals surface area contributed by atoms with Crippen molar-refractivity contribution in [3.05, 3.63) is 29.3 Å². The molecule has 0 spiro atoms. The SMILES string of the molecule is COC(C)(C)CNS(=O)(=O)c1ccc(C#N)c(C)c1. The molecule has 0 atom stereocenters. The average Bonchev–Trinajstić information content (AvgIpc) is 2.36. The number of hydrogen-bond donors (Lipinski definition) is 1. The molecule has 0 heterocycles. The van der Waals surface area contributed by atoms with Crippen LogP contribution in [0.5, 0.6) is 0 Å². The van der Waals surface area contributed by atoms with E-state index < -0.39 is 15.6 Å². The molecule has 6 heteroatoms. The Kier molecular flexibility index (Phi) is 4.69. The zero-order chi connectivity index (χ0) is 14.7. The van der Waals surface area contributed by atoms with Crippen LogP contribution >= 0.6 is 0 Å². The monoisotopic (exact) mass is 282 g/mol. The summed E-state index contributed by atoms with van der Waals surface area (Å²) < 4.78 is 31.8. The lowest BCUT2D eigenvalue weighted by atomic mass is 10.1. The van der Waals surface area contributed by atoms with Crippen molar-refractivity contribution in [3.8, 4) is 6.07 Å². The Morgan fingerprint density at radius 1 is 1.42 bits per heavy atom. The number of hydrogen-bond acceptors (Lipinski definition) is 4. The summed E-state index contributed by atoms with van der Waals surface area (Å²) in [6, 6.07) is 6.42. The maximum atomic E-state index is 12.1. The molecule has 19 heavy (non-hydrogen) atoms. The zero-order valence-corrected chi connectivity index (χ0v) is 12.3. The molecule has 0 aromatic heterocycles. The molecule has 1 rings (SSSR count). The second kappa shape index (κ2) is 5.70. The Morgan fingerprint density at radius 3 is 2.53 bits per heavy atom. The predicted octanol–water partition coefficient (Wildman–Crippen LogP) is 1.57. The van der Waals surface area contributed by atoms with Gasteiger partial charge in [0.25, 0.3) is 0 Å². The van der Waals surface area contributed by atoms with E-state index >= 15 is 0 Å². The zero-order valence-electron chi connectivity index (χ0n) is 11.5. The topological polar surface area (TPSA) is 79.2 Å². The van der Waals surface area contributed by atoms with Gasteiger partial charge in [-0.3, -0.25) is 0 Å². The van der Waals surface area contributed by atoms with Crippen molar-refractivity contribution in [1.29, 1.82) is 5.26 Å². The van der Waals surface area contributed by atoms with Crippen LogP contribution in [0.15, 0.2) is 23.1 Å². The molecule has 0 aliphatic carbocycles. The Bertz CT molecular complexity index is 601. The van der Waals surface area contributed by atoms with Crippen molar-refractivity contribution >= 4 is 10.0 Å². The molecular weight excluding hydrogens is 264 g/mol. The first-order chi connectivity index (χ1) is 8.72. The summed E-state index contributed by atoms with van der Waals surface area (Å²) in [4.78, 5) is 0.149. The fourth-order valence-corrected chi connectivity index (χ4v) is 2.64. The Hall–Kier alpha value is -1.42. The Labute approximate surface area is 114 Å². The highest BCUT2D eigenvalue weighted by atomic mass is 32.2. The summed E-state index contributed by atoms with van der Waals surface area (Å²) >= 11 is 0. The van der Waals surface area contributed by atoms with Gasteiger partial charge < -0.3 is 4.74 Å². The summed E-state index contributed by atoms with van der Waals surface area (Å²) in [5.41, 5.74) is 0.530. The summed E-state index contributed by atoms with van der Waals surface area (Å²) in [5, 5.41) is 8.82. The van der Waals surface area contributed by atoms with Gasteiger partial charge >= 0.3 is 0 Å². The van der Waals surface area contributed by atoms with Crippen LogP contribution in [-0.4, -0.2) is 27.7 Å². The van der Waals surface area contributed by atoms with Gasteiger partial charge in [0.15, 0.2) is 0 Å². The minimum atomic E-state index is -3.59. The van der Waals surface area contributed by atoms with Crippen molar-refractivity contribution in [2.24, 2.45) is 0 Å². The van der Waals surface area contributed by atoms with Crippen LogP contribution in [0.3, 0.4) is 0 Å². The first-order valence-corrected chi connectivity index (χ1v) is 7.26. The molecule has 5 nitrogen and oxygen atoms in total. The summed E-state index contributed by atoms with van der Waals surface area (Å²) in [7, 11) is -2.06. The van der Waals surface area contributed by atoms with Crippen LogP contribution in [0.1, 0.15) is 25.0 Å². The summed E-state index contributed by atoms with van der Waals surface area (Å²) in [6.45, 7) is 5.46. The highest BCUT2D eigenvalue weighted by molar-refractivity contribution is 7.89. The van der Waals surface area contributed by atoms with E-state index in [0.717, 1.165) is 0 Å². The van der Waals surface area contributed by atoms with Gasteiger partial charge in [0, 0.05) is 13.7 Å². The third-order valence-corrected chi connectivity index (χ3v) is 4.27. The largest absolute Gasteiger partial charge is 0.377 e. The molecule has 1 N–H and O–H groups in total. The molecule has 1 aromatic rings. The molecule has 0 radical (unpaired) electrons. The van der Waals surface area contributed by atoms with Crippen LogP contribution in [0.2, 0.25) is 0 Å². The van der Waals surface area contributed by atoms with Gasteiger partial charge in [-0.1, -0.05) is 0 Å². The molecule has 104 valence electrons. The molecule has 0 aliphatic heterocycles. The molecular formula is C13H18N2O3S. The van der Waals surface area contributed by atoms with Gasteiger partial charge in [-0.15, -0.1) is 0 Å². The number of aryl methyl sites for hydroxylation is 1. The van der Waals surface area contributed by atoms with E-state index in [4.69, 9.17) is 10.00 Å². The molecule has 1 aromatic carbocycles. The van der Waals surface area contributed by atoms with Crippen LogP contribution in [0.4, 0.5) is 0 Å². The van der Waals surface area contributed by atoms with Crippen molar-refractivity contribution < 1.29 is 13.2 Å². The predicted molar refractivity (Wildman–Crippen MR) is 72.2 cm³/mol. The fraction of sp³-hybridized carbons (Fsp3) is 0.462. The van der Waals surface area contributed by atoms with E-state index in [2.05, 4.69) is 4.72 Å². The number of rotatable bonds is 5. The van der Waals surface area contributed by atoms with Crippen LogP contribution in [-0.2, 0) is 14.8 Å². The van der Waals surface area contributed by atoms with Crippen LogP contribution < -0.4 is 4.72 Å². The quantitative estimate of drug-likeness (QED) is 0.889. The van der Waals surface area contributed by atoms with Gasteiger partial charge in [-0.2, -0.15) is 5.26 Å². The lowest BCUT2D eigenvalue weighted by molar-refractivity contribution is 0.0276. The molecule has 0 bridgehead atoms. The summed E-state index contributed by atoms with van der Waals surface area (Å²) in [6.07, 6.45) is 0. The van der Waals surface area contributed by atoms with Crippen molar-refractivity contribution in [1.82, 2.24) is 4.72 Å². The molecule has 0 amide bonds. The third kappa shape index (κ3) is 4.03. The van der Waals surface area contributed by atoms with Gasteiger partial charge in [-0.05, 0) is 44.5 Å². The molecule has 0 saturated heterocycles. The number of nitrogens with zero attached hydrogens (tertiary/aromatic N) is 1. The first-order valence-electron chi connectivity index (χ1n) is 5.77. The van der Waals surface area contributed by atoms with Crippen molar-refractivity contribution in [3.63, 3.8) is 0 Å². The van der Waals surface area contributed by atoms with E-state index in [0.29, 0.717) is 11.1 Å². The van der Waals surface area contributed by atoms with Gasteiger partial charge in [0.2, 0.25) is 10.0 Å². The third-order valence-electron chi connectivity index (χ3n) is 2.87. The van der Waals surface area contributed by atoms with Gasteiger partial charge in [-0.25, -0.2) is 13.1 Å². The number of ether oxygens (including phenoxy) is 1. The number of nitriles is 1. The average molecular weight is 282 g/mol. The maximum Gasteiger partial charge on any atom is 0.240 e. The van der Waals surface area contributed by atoms with Crippen molar-refractivity contribution in [2.75, 3.05) is 13.7 Å². The number of sulfonamides is 1. The van der Waals surface area contributed by atoms with E-state index in [-0.39, 0.29) is 11.4 Å². The minimum absolute atomic E-state index is 0.149. The lowest BCUT2D eigenvalue weighted by Gasteiger charge is -2.23. The van der Waals surface area contributed by atoms with E-state index in [9.17, 15) is 8.42 Å². The fourth-order valence-electron chi connectivity index (χ4n) is 1.35. The maximum absolute atomic E-state index is 12.1. The number of benzene rings is 1. The Morgan fingerprint density at radius 2 is 2.05 bits per heavy atom. The van der Waals surface area contributed by atoms with E-state index in [1.807, 2.05) is 6.07 Å². The van der Waals surface area contributed by atoms with E-state index in [1.54, 1.807) is 20.8 Å². The number of methoxy groups -OCH3 is 1. The normalized spacial score (nSPS) is 12.2. The number of nitrogens with one attached hydrogen (secondary N) is 1. The first kappa shape index (κ1) is 15.6. The second-order valence-electron chi connectivity index (χ2n) is 4.88. The van der Waals surface area contributed by atoms with Crippen LogP contribution in [0, 0.1) is 18.3 Å². The summed E-state index contributed by atoms with van der Waals surface area (Å²) in [5.74, 6) is 0.